The van der Waals surface area contributed by atoms with E-state index in [1.165, 1.54) is 31.8 Å². The minimum Gasteiger partial charge on any atom is -0.384 e. The van der Waals surface area contributed by atoms with Crippen molar-refractivity contribution in [2.45, 2.75) is 52.6 Å². The Labute approximate surface area is 238 Å². The topological polar surface area (TPSA) is 173 Å². The lowest BCUT2D eigenvalue weighted by Gasteiger charge is -2.36. The van der Waals surface area contributed by atoms with Crippen molar-refractivity contribution in [3.63, 3.8) is 0 Å². The van der Waals surface area contributed by atoms with Crippen LogP contribution in [0.4, 0.5) is 5.82 Å². The van der Waals surface area contributed by atoms with Crippen molar-refractivity contribution in [3.05, 3.63) is 12.7 Å². The van der Waals surface area contributed by atoms with Gasteiger partial charge in [-0.3, -0.25) is 27.9 Å². The number of carbonyl (C=O) groups excluding carboxylic acids is 1. The number of carbonyl (C=O) groups is 1. The largest absolute Gasteiger partial charge is 0.475 e. The van der Waals surface area contributed by atoms with Crippen LogP contribution in [0.2, 0.25) is 0 Å². The second-order valence-electron chi connectivity index (χ2n) is 9.80. The van der Waals surface area contributed by atoms with Gasteiger partial charge in [0.2, 0.25) is 10.0 Å². The number of hydrogen-bond acceptors (Lipinski definition) is 14. The highest BCUT2D eigenvalue weighted by Crippen LogP contribution is 2.54. The predicted octanol–water partition coefficient (Wildman–Crippen LogP) is 2.51. The van der Waals surface area contributed by atoms with Crippen LogP contribution in [-0.2, 0) is 42.4 Å². The first-order chi connectivity index (χ1) is 18.7. The molecular formula is C22H37N6O9PS2. The first-order valence-corrected chi connectivity index (χ1v) is 16.8. The number of sulfonamides is 1. The van der Waals surface area contributed by atoms with E-state index in [1.54, 1.807) is 25.3 Å². The molecule has 2 aromatic heterocycles. The van der Waals surface area contributed by atoms with Gasteiger partial charge in [-0.2, -0.15) is 0 Å². The van der Waals surface area contributed by atoms with Crippen LogP contribution in [0.3, 0.4) is 0 Å². The maximum atomic E-state index is 13.1. The predicted molar refractivity (Wildman–Crippen MR) is 149 cm³/mol. The fourth-order valence-corrected chi connectivity index (χ4v) is 6.89. The normalized spacial score (nSPS) is 22.9. The highest BCUT2D eigenvalue weighted by molar-refractivity contribution is 8.13. The van der Waals surface area contributed by atoms with E-state index >= 15 is 0 Å². The van der Waals surface area contributed by atoms with E-state index < -0.39 is 41.7 Å². The van der Waals surface area contributed by atoms with Crippen LogP contribution >= 0.6 is 19.6 Å². The number of thioether (sulfide) groups is 1. The summed E-state index contributed by atoms with van der Waals surface area (Å²) in [7, 11) is -4.34. The van der Waals surface area contributed by atoms with E-state index in [0.29, 0.717) is 24.2 Å². The highest BCUT2D eigenvalue weighted by atomic mass is 32.2. The fourth-order valence-electron chi connectivity index (χ4n) is 3.93. The molecule has 0 bridgehead atoms. The number of nitrogens with one attached hydrogen (secondary N) is 1. The number of ether oxygens (including phenoxy) is 2. The molecule has 0 radical (unpaired) electrons. The Morgan fingerprint density at radius 1 is 1.38 bits per heavy atom. The first-order valence-electron chi connectivity index (χ1n) is 12.5. The van der Waals surface area contributed by atoms with Gasteiger partial charge in [0.15, 0.2) is 22.1 Å². The summed E-state index contributed by atoms with van der Waals surface area (Å²) in [5.41, 5.74) is 0.132. The molecule has 40 heavy (non-hydrogen) atoms. The molecule has 0 amide bonds. The Morgan fingerprint density at radius 3 is 2.75 bits per heavy atom. The number of nitrogens with zero attached hydrogens (tertiary/aromatic N) is 5. The summed E-state index contributed by atoms with van der Waals surface area (Å²) in [5, 5.41) is 1.18. The van der Waals surface area contributed by atoms with Crippen LogP contribution in [0.1, 0.15) is 40.3 Å². The minimum absolute atomic E-state index is 0.000801. The number of methoxy groups -OCH3 is 1. The summed E-state index contributed by atoms with van der Waals surface area (Å²) in [6.45, 7) is 7.48. The summed E-state index contributed by atoms with van der Waals surface area (Å²) in [6.07, 6.45) is 2.56. The lowest BCUT2D eigenvalue weighted by Crippen LogP contribution is -2.40. The quantitative estimate of drug-likeness (QED) is 0.184. The summed E-state index contributed by atoms with van der Waals surface area (Å²) in [5.74, 6) is 0.542. The number of hydrogen-bond donors (Lipinski definition) is 1. The number of phosphoric acid groups is 1. The van der Waals surface area contributed by atoms with E-state index in [-0.39, 0.29) is 29.9 Å². The molecule has 4 atom stereocenters. The summed E-state index contributed by atoms with van der Waals surface area (Å²) in [6, 6.07) is 0. The zero-order valence-electron chi connectivity index (χ0n) is 23.6. The SMILES string of the molecule is CC[C@@H]1OP(=O)(OCCSC(=O)C(C)(C)COC)OCC1OC(C)n1cnc2c(N(C)NS(C)(=O)=O)ncnc21. The molecule has 15 nitrogen and oxygen atoms in total. The smallest absolute Gasteiger partial charge is 0.384 e. The average molecular weight is 625 g/mol. The van der Waals surface area contributed by atoms with Crippen LogP contribution in [0.25, 0.3) is 11.2 Å². The molecule has 3 rings (SSSR count). The molecule has 0 aliphatic carbocycles. The van der Waals surface area contributed by atoms with E-state index in [9.17, 15) is 17.8 Å². The molecule has 1 aliphatic rings. The second kappa shape index (κ2) is 13.5. The molecule has 18 heteroatoms. The molecule has 3 unspecified atom stereocenters. The summed E-state index contributed by atoms with van der Waals surface area (Å²) < 4.78 is 65.9. The number of hydrazine groups is 1. The zero-order valence-corrected chi connectivity index (χ0v) is 26.1. The molecule has 2 aromatic rings. The number of phosphoric ester groups is 1. The highest BCUT2D eigenvalue weighted by Gasteiger charge is 2.42. The number of anilines is 1. The Kier molecular flexibility index (Phi) is 11.1. The molecular weight excluding hydrogens is 587 g/mol. The van der Waals surface area contributed by atoms with Crippen molar-refractivity contribution < 1.29 is 40.8 Å². The third kappa shape index (κ3) is 8.42. The Bertz CT molecular complexity index is 1330. The van der Waals surface area contributed by atoms with Crippen LogP contribution in [-0.4, -0.2) is 91.2 Å². The van der Waals surface area contributed by atoms with E-state index in [1.807, 2.05) is 6.92 Å². The Hall–Kier alpha value is -1.69. The molecule has 0 saturated carbocycles. The van der Waals surface area contributed by atoms with Crippen LogP contribution in [0.15, 0.2) is 12.7 Å². The number of aromatic nitrogens is 4. The molecule has 0 aromatic carbocycles. The van der Waals surface area contributed by atoms with Gasteiger partial charge in [0.25, 0.3) is 0 Å². The lowest BCUT2D eigenvalue weighted by atomic mass is 9.97. The summed E-state index contributed by atoms with van der Waals surface area (Å²) >= 11 is 1.07. The van der Waals surface area contributed by atoms with Crippen molar-refractivity contribution >= 4 is 51.7 Å². The second-order valence-corrected chi connectivity index (χ2v) is 14.2. The van der Waals surface area contributed by atoms with Gasteiger partial charge >= 0.3 is 7.82 Å². The van der Waals surface area contributed by atoms with Gasteiger partial charge in [0.05, 0.1) is 43.9 Å². The molecule has 1 fully saturated rings. The maximum absolute atomic E-state index is 13.1. The van der Waals surface area contributed by atoms with E-state index in [2.05, 4.69) is 19.8 Å². The number of imidazole rings is 1. The van der Waals surface area contributed by atoms with Crippen molar-refractivity contribution in [1.29, 1.82) is 0 Å². The van der Waals surface area contributed by atoms with Gasteiger partial charge in [-0.05, 0) is 27.2 Å². The van der Waals surface area contributed by atoms with Gasteiger partial charge in [0, 0.05) is 19.9 Å². The third-order valence-electron chi connectivity index (χ3n) is 5.83. The Balaban J connectivity index is 1.60. The van der Waals surface area contributed by atoms with E-state index in [0.717, 1.165) is 18.0 Å². The molecule has 1 aliphatic heterocycles. The van der Waals surface area contributed by atoms with E-state index in [4.69, 9.17) is 23.0 Å². The standard InChI is InChI=1S/C22H37N6O9PS2/c1-8-16-17(11-35-38(30,37-16)34-9-10-39-21(29)22(3,4)12-33-6)36-15(2)28-14-25-18-19(23-13-24-20(18)28)27(5)26-40(7,31)32/h13-17,26H,8-12H2,1-7H3/t15?,16-,17?,38?/m0/s1. The van der Waals surface area contributed by atoms with Gasteiger partial charge in [0.1, 0.15) is 18.7 Å². The molecule has 1 N–H and O–H groups in total. The van der Waals surface area contributed by atoms with Gasteiger partial charge in [-0.15, -0.1) is 4.83 Å². The Morgan fingerprint density at radius 2 is 2.10 bits per heavy atom. The lowest BCUT2D eigenvalue weighted by molar-refractivity contribution is -0.136. The molecule has 0 spiro atoms. The van der Waals surface area contributed by atoms with Gasteiger partial charge in [-0.1, -0.05) is 18.7 Å². The number of fused-ring (bicyclic) bond motifs is 1. The maximum Gasteiger partial charge on any atom is 0.475 e. The average Bonchev–Trinajstić information content (AvgIpc) is 3.31. The van der Waals surface area contributed by atoms with Crippen molar-refractivity contribution in [2.75, 3.05) is 51.0 Å². The number of rotatable bonds is 14. The van der Waals surface area contributed by atoms with Crippen molar-refractivity contribution in [2.24, 2.45) is 5.41 Å². The fraction of sp³-hybridized carbons (Fsp3) is 0.727. The van der Waals surface area contributed by atoms with Crippen LogP contribution in [0, 0.1) is 5.41 Å². The van der Waals surface area contributed by atoms with Crippen LogP contribution in [0.5, 0.6) is 0 Å². The van der Waals surface area contributed by atoms with Crippen LogP contribution < -0.4 is 9.84 Å². The van der Waals surface area contributed by atoms with Crippen molar-refractivity contribution in [3.8, 4) is 0 Å². The zero-order chi connectivity index (χ0) is 29.7. The third-order valence-corrected chi connectivity index (χ3v) is 9.11. The van der Waals surface area contributed by atoms with Gasteiger partial charge in [-0.25, -0.2) is 27.9 Å². The molecule has 226 valence electrons. The van der Waals surface area contributed by atoms with Gasteiger partial charge < -0.3 is 9.47 Å². The minimum atomic E-state index is -3.85. The molecule has 1 saturated heterocycles. The summed E-state index contributed by atoms with van der Waals surface area (Å²) in [4.78, 5) is 27.5. The van der Waals surface area contributed by atoms with Crippen molar-refractivity contribution in [1.82, 2.24) is 24.4 Å². The first kappa shape index (κ1) is 32.8. The molecule has 3 heterocycles. The monoisotopic (exact) mass is 624 g/mol.